The van der Waals surface area contributed by atoms with Gasteiger partial charge in [-0.2, -0.15) is 8.78 Å². The Morgan fingerprint density at radius 1 is 1.27 bits per heavy atom. The van der Waals surface area contributed by atoms with Gasteiger partial charge < -0.3 is 25.1 Å². The van der Waals surface area contributed by atoms with E-state index in [1.54, 1.807) is 14.0 Å². The van der Waals surface area contributed by atoms with E-state index in [-0.39, 0.29) is 11.3 Å². The van der Waals surface area contributed by atoms with Crippen molar-refractivity contribution in [3.05, 3.63) is 35.7 Å². The number of alkyl halides is 2. The lowest BCUT2D eigenvalue weighted by atomic mass is 10.0. The van der Waals surface area contributed by atoms with Crippen LogP contribution in [0.5, 0.6) is 5.75 Å². The number of aliphatic hydroxyl groups is 1. The lowest BCUT2D eigenvalue weighted by Crippen LogP contribution is -2.11. The van der Waals surface area contributed by atoms with Crippen LogP contribution >= 0.6 is 9.24 Å². The lowest BCUT2D eigenvalue weighted by Gasteiger charge is -2.16. The molecule has 0 aliphatic heterocycles. The molecule has 2 aromatic rings. The van der Waals surface area contributed by atoms with Gasteiger partial charge in [-0.05, 0) is 25.1 Å². The predicted octanol–water partition coefficient (Wildman–Crippen LogP) is 3.33. The number of carboxylic acid groups (broad SMARTS) is 1. The van der Waals surface area contributed by atoms with Gasteiger partial charge in [0.1, 0.15) is 12.5 Å². The number of nitrogens with one attached hydrogen (secondary N) is 1. The van der Waals surface area contributed by atoms with Crippen molar-refractivity contribution >= 4 is 27.9 Å². The van der Waals surface area contributed by atoms with Gasteiger partial charge in [-0.15, -0.1) is 0 Å². The molecule has 0 saturated heterocycles. The number of anilines is 1. The number of carbonyl (C=O) groups excluding carboxylic acids is 1. The maximum absolute atomic E-state index is 13.6. The van der Waals surface area contributed by atoms with E-state index < -0.39 is 18.2 Å². The van der Waals surface area contributed by atoms with Crippen molar-refractivity contribution in [1.29, 1.82) is 0 Å². The van der Waals surface area contributed by atoms with Crippen LogP contribution in [0.25, 0.3) is 11.1 Å². The summed E-state index contributed by atoms with van der Waals surface area (Å²) < 4.78 is 32.4. The summed E-state index contributed by atoms with van der Waals surface area (Å²) in [5.41, 5.74) is -2.05. The number of aryl methyl sites for hydroxylation is 1. The molecular weight excluding hydrogens is 419 g/mol. The molecular formula is C19H28F2N3O5P. The third kappa shape index (κ3) is 9.19. The van der Waals surface area contributed by atoms with Crippen molar-refractivity contribution in [2.75, 3.05) is 26.1 Å². The van der Waals surface area contributed by atoms with Crippen molar-refractivity contribution in [2.24, 2.45) is 0 Å². The summed E-state index contributed by atoms with van der Waals surface area (Å²) in [6, 6.07) is 3.75. The zero-order chi connectivity index (χ0) is 23.9. The predicted molar refractivity (Wildman–Crippen MR) is 115 cm³/mol. The summed E-state index contributed by atoms with van der Waals surface area (Å²) in [5.74, 6) is -0.615. The molecule has 0 aliphatic carbocycles. The maximum atomic E-state index is 13.6. The first-order valence-corrected chi connectivity index (χ1v) is 9.21. The standard InChI is InChI=1S/C15H16F2N3O3P.C2H6.CH4O.CH2O/c1-8-11(6-19-14(18-2)20-8)10-5-9(15(16,17)24)3-4-12(10)23-7-13(21)22;3*1-2/h3-6H,7,24H2,1-2H3,(H,21,22)(H,18,19,20);1-2H3;2H,1H3;1H2. The smallest absolute Gasteiger partial charge is 0.341 e. The van der Waals surface area contributed by atoms with Gasteiger partial charge in [-0.3, -0.25) is 0 Å². The van der Waals surface area contributed by atoms with Gasteiger partial charge >= 0.3 is 5.97 Å². The van der Waals surface area contributed by atoms with Gasteiger partial charge in [0.15, 0.2) is 6.61 Å². The summed E-state index contributed by atoms with van der Waals surface area (Å²) in [7, 11) is 4.12. The van der Waals surface area contributed by atoms with Gasteiger partial charge in [-0.25, -0.2) is 14.8 Å². The molecule has 0 radical (unpaired) electrons. The van der Waals surface area contributed by atoms with Gasteiger partial charge in [0, 0.05) is 37.0 Å². The van der Waals surface area contributed by atoms with E-state index in [4.69, 9.17) is 19.7 Å². The Balaban J connectivity index is 0. The molecule has 1 unspecified atom stereocenters. The fourth-order valence-electron chi connectivity index (χ4n) is 2.07. The SMILES string of the molecule is C=O.CC.CNc1ncc(-c2cc(C(F)(F)P)ccc2OCC(=O)O)c(C)n1.CO. The van der Waals surface area contributed by atoms with Crippen LogP contribution in [0.3, 0.4) is 0 Å². The summed E-state index contributed by atoms with van der Waals surface area (Å²) in [6.07, 6.45) is 1.47. The molecule has 2 rings (SSSR count). The highest BCUT2D eigenvalue weighted by Crippen LogP contribution is 2.40. The maximum Gasteiger partial charge on any atom is 0.341 e. The van der Waals surface area contributed by atoms with E-state index in [0.29, 0.717) is 22.8 Å². The topological polar surface area (TPSA) is 122 Å². The Morgan fingerprint density at radius 3 is 2.27 bits per heavy atom. The lowest BCUT2D eigenvalue weighted by molar-refractivity contribution is -0.139. The van der Waals surface area contributed by atoms with Crippen LogP contribution < -0.4 is 10.1 Å². The van der Waals surface area contributed by atoms with E-state index in [9.17, 15) is 13.6 Å². The second-order valence-corrected chi connectivity index (χ2v) is 5.68. The number of ether oxygens (including phenoxy) is 1. The third-order valence-corrected chi connectivity index (χ3v) is 3.54. The fraction of sp³-hybridized carbons (Fsp3) is 0.368. The van der Waals surface area contributed by atoms with Crippen LogP contribution in [-0.4, -0.2) is 53.7 Å². The first-order valence-electron chi connectivity index (χ1n) is 8.63. The monoisotopic (exact) mass is 447 g/mol. The highest BCUT2D eigenvalue weighted by Gasteiger charge is 2.26. The highest BCUT2D eigenvalue weighted by atomic mass is 31.0. The summed E-state index contributed by atoms with van der Waals surface area (Å²) in [4.78, 5) is 27.0. The van der Waals surface area contributed by atoms with Crippen LogP contribution in [0, 0.1) is 6.92 Å². The molecule has 1 aromatic heterocycles. The number of hydrogen-bond acceptors (Lipinski definition) is 7. The molecule has 168 valence electrons. The summed E-state index contributed by atoms with van der Waals surface area (Å²) in [6.45, 7) is 7.11. The zero-order valence-corrected chi connectivity index (χ0v) is 18.7. The zero-order valence-electron chi connectivity index (χ0n) is 17.6. The minimum absolute atomic E-state index is 0.166. The molecule has 0 amide bonds. The van der Waals surface area contributed by atoms with E-state index in [1.165, 1.54) is 33.6 Å². The van der Waals surface area contributed by atoms with Crippen molar-refractivity contribution in [1.82, 2.24) is 9.97 Å². The van der Waals surface area contributed by atoms with E-state index in [0.717, 1.165) is 7.11 Å². The Labute approximate surface area is 176 Å². The fourth-order valence-corrected chi connectivity index (χ4v) is 2.24. The minimum Gasteiger partial charge on any atom is -0.481 e. The molecule has 8 nitrogen and oxygen atoms in total. The van der Waals surface area contributed by atoms with Gasteiger partial charge in [0.05, 0.1) is 5.69 Å². The van der Waals surface area contributed by atoms with Gasteiger partial charge in [-0.1, -0.05) is 23.1 Å². The minimum atomic E-state index is -3.13. The number of nitrogens with zero attached hydrogens (tertiary/aromatic N) is 2. The number of hydrogen-bond donors (Lipinski definition) is 3. The first kappa shape index (κ1) is 29.5. The molecule has 1 heterocycles. The average Bonchev–Trinajstić information content (AvgIpc) is 2.75. The van der Waals surface area contributed by atoms with Crippen molar-refractivity contribution in [2.45, 2.75) is 26.4 Å². The highest BCUT2D eigenvalue weighted by molar-refractivity contribution is 7.17. The van der Waals surface area contributed by atoms with Crippen LogP contribution in [0.2, 0.25) is 0 Å². The Bertz CT molecular complexity index is 789. The Hall–Kier alpha value is -2.71. The number of rotatable bonds is 6. The van der Waals surface area contributed by atoms with E-state index in [2.05, 4.69) is 15.3 Å². The Morgan fingerprint density at radius 2 is 1.83 bits per heavy atom. The second-order valence-electron chi connectivity index (χ2n) is 4.96. The summed E-state index contributed by atoms with van der Waals surface area (Å²) in [5, 5.41) is 18.5. The molecule has 0 bridgehead atoms. The van der Waals surface area contributed by atoms with Crippen molar-refractivity contribution in [3.8, 4) is 16.9 Å². The van der Waals surface area contributed by atoms with Crippen LogP contribution in [0.15, 0.2) is 24.4 Å². The van der Waals surface area contributed by atoms with Crippen LogP contribution in [-0.2, 0) is 15.3 Å². The number of carbonyl (C=O) groups is 2. The Kier molecular flexibility index (Phi) is 14.9. The number of carboxylic acids is 1. The van der Waals surface area contributed by atoms with Crippen LogP contribution in [0.1, 0.15) is 25.1 Å². The molecule has 1 atom stereocenters. The largest absolute Gasteiger partial charge is 0.481 e. The normalized spacial score (nSPS) is 9.50. The third-order valence-electron chi connectivity index (χ3n) is 3.21. The van der Waals surface area contributed by atoms with Crippen molar-refractivity contribution < 1.29 is 33.3 Å². The van der Waals surface area contributed by atoms with Gasteiger partial charge in [0.2, 0.25) is 5.95 Å². The number of aliphatic hydroxyl groups excluding tert-OH is 1. The average molecular weight is 447 g/mol. The second kappa shape index (κ2) is 15.2. The number of aliphatic carboxylic acids is 1. The quantitative estimate of drug-likeness (QED) is 0.577. The molecule has 11 heteroatoms. The van der Waals surface area contributed by atoms with E-state index >= 15 is 0 Å². The van der Waals surface area contributed by atoms with Crippen LogP contribution in [0.4, 0.5) is 14.7 Å². The summed E-state index contributed by atoms with van der Waals surface area (Å²) >= 11 is 0. The van der Waals surface area contributed by atoms with E-state index in [1.807, 2.05) is 20.6 Å². The molecule has 1 aromatic carbocycles. The first-order chi connectivity index (χ1) is 14.2. The molecule has 3 N–H and O–H groups in total. The number of halogens is 2. The molecule has 0 spiro atoms. The molecule has 0 fully saturated rings. The molecule has 30 heavy (non-hydrogen) atoms. The number of benzene rings is 1. The van der Waals surface area contributed by atoms with Crippen molar-refractivity contribution in [3.63, 3.8) is 0 Å². The van der Waals surface area contributed by atoms with Gasteiger partial charge in [0.25, 0.3) is 5.66 Å². The molecule has 0 aliphatic rings. The molecule has 0 saturated carbocycles. The number of aromatic nitrogens is 2.